The van der Waals surface area contributed by atoms with Crippen LogP contribution in [0.4, 0.5) is 5.69 Å². The predicted molar refractivity (Wildman–Crippen MR) is 83.9 cm³/mol. The summed E-state index contributed by atoms with van der Waals surface area (Å²) in [4.78, 5) is 13.4. The summed E-state index contributed by atoms with van der Waals surface area (Å²) in [5.41, 5.74) is 2.91. The first kappa shape index (κ1) is 14.9. The highest BCUT2D eigenvalue weighted by atomic mass is 35.5. The van der Waals surface area contributed by atoms with Crippen LogP contribution in [0, 0.1) is 13.8 Å². The van der Waals surface area contributed by atoms with Gasteiger partial charge in [0.1, 0.15) is 0 Å². The Labute approximate surface area is 127 Å². The highest BCUT2D eigenvalue weighted by Gasteiger charge is 2.16. The highest BCUT2D eigenvalue weighted by molar-refractivity contribution is 7.98. The first-order chi connectivity index (χ1) is 9.43. The van der Waals surface area contributed by atoms with Gasteiger partial charge in [0.25, 0.3) is 5.91 Å². The van der Waals surface area contributed by atoms with E-state index in [-0.39, 0.29) is 5.91 Å². The van der Waals surface area contributed by atoms with Gasteiger partial charge >= 0.3 is 0 Å². The van der Waals surface area contributed by atoms with Crippen LogP contribution in [0.15, 0.2) is 23.1 Å². The van der Waals surface area contributed by atoms with Crippen molar-refractivity contribution in [3.63, 3.8) is 0 Å². The minimum Gasteiger partial charge on any atom is -0.319 e. The van der Waals surface area contributed by atoms with E-state index in [0.717, 1.165) is 22.0 Å². The molecule has 2 rings (SSSR count). The molecular formula is C14H16ClN3OS. The number of nitrogens with one attached hydrogen (secondary N) is 1. The number of thioether (sulfide) groups is 1. The number of nitrogens with zero attached hydrogens (tertiary/aromatic N) is 2. The lowest BCUT2D eigenvalue weighted by atomic mass is 10.2. The molecule has 0 atom stereocenters. The Hall–Kier alpha value is -1.46. The van der Waals surface area contributed by atoms with E-state index in [4.69, 9.17) is 11.6 Å². The van der Waals surface area contributed by atoms with E-state index < -0.39 is 0 Å². The number of halogens is 1. The summed E-state index contributed by atoms with van der Waals surface area (Å²) < 4.78 is 1.74. The molecule has 0 aliphatic carbocycles. The lowest BCUT2D eigenvalue weighted by Gasteiger charge is -2.08. The zero-order valence-corrected chi connectivity index (χ0v) is 13.4. The van der Waals surface area contributed by atoms with Crippen molar-refractivity contribution >= 4 is 35.0 Å². The monoisotopic (exact) mass is 309 g/mol. The van der Waals surface area contributed by atoms with Crippen LogP contribution < -0.4 is 5.32 Å². The standard InChI is InChI=1S/C14H16ClN3OS/c1-8-13(9(2)18(3)17-8)16-14(19)11-7-10(20-4)5-6-12(11)15/h5-7H,1-4H3,(H,16,19). The van der Waals surface area contributed by atoms with Crippen molar-refractivity contribution in [2.45, 2.75) is 18.7 Å². The van der Waals surface area contributed by atoms with Gasteiger partial charge in [0.05, 0.1) is 27.7 Å². The summed E-state index contributed by atoms with van der Waals surface area (Å²) in [5, 5.41) is 7.61. The lowest BCUT2D eigenvalue weighted by Crippen LogP contribution is -2.13. The summed E-state index contributed by atoms with van der Waals surface area (Å²) in [6, 6.07) is 5.43. The van der Waals surface area contributed by atoms with E-state index in [1.807, 2.05) is 33.2 Å². The van der Waals surface area contributed by atoms with Gasteiger partial charge in [0.2, 0.25) is 0 Å². The number of benzene rings is 1. The molecule has 0 aliphatic heterocycles. The highest BCUT2D eigenvalue weighted by Crippen LogP contribution is 2.25. The zero-order valence-electron chi connectivity index (χ0n) is 11.8. The third-order valence-corrected chi connectivity index (χ3v) is 4.22. The van der Waals surface area contributed by atoms with Gasteiger partial charge in [-0.15, -0.1) is 11.8 Å². The maximum absolute atomic E-state index is 12.4. The molecule has 0 radical (unpaired) electrons. The summed E-state index contributed by atoms with van der Waals surface area (Å²) in [7, 11) is 1.85. The number of hydrogen-bond donors (Lipinski definition) is 1. The molecule has 1 N–H and O–H groups in total. The fraction of sp³-hybridized carbons (Fsp3) is 0.286. The number of aromatic nitrogens is 2. The van der Waals surface area contributed by atoms with Crippen molar-refractivity contribution in [2.24, 2.45) is 7.05 Å². The summed E-state index contributed by atoms with van der Waals surface area (Å²) in [6.45, 7) is 3.78. The van der Waals surface area contributed by atoms with Gasteiger partial charge in [0.15, 0.2) is 0 Å². The summed E-state index contributed by atoms with van der Waals surface area (Å²) in [5.74, 6) is -0.217. The van der Waals surface area contributed by atoms with E-state index in [0.29, 0.717) is 10.6 Å². The maximum Gasteiger partial charge on any atom is 0.257 e. The quantitative estimate of drug-likeness (QED) is 0.880. The molecule has 0 bridgehead atoms. The van der Waals surface area contributed by atoms with Gasteiger partial charge in [-0.3, -0.25) is 9.48 Å². The third-order valence-electron chi connectivity index (χ3n) is 3.17. The van der Waals surface area contributed by atoms with Gasteiger partial charge < -0.3 is 5.32 Å². The lowest BCUT2D eigenvalue weighted by molar-refractivity contribution is 0.102. The van der Waals surface area contributed by atoms with Crippen LogP contribution in [0.3, 0.4) is 0 Å². The minimum absolute atomic E-state index is 0.217. The van der Waals surface area contributed by atoms with Crippen molar-refractivity contribution in [3.8, 4) is 0 Å². The smallest absolute Gasteiger partial charge is 0.257 e. The molecule has 106 valence electrons. The van der Waals surface area contributed by atoms with Crippen LogP contribution in [0.25, 0.3) is 0 Å². The van der Waals surface area contributed by atoms with Crippen molar-refractivity contribution in [2.75, 3.05) is 11.6 Å². The van der Waals surface area contributed by atoms with E-state index in [9.17, 15) is 4.79 Å². The molecule has 20 heavy (non-hydrogen) atoms. The number of anilines is 1. The largest absolute Gasteiger partial charge is 0.319 e. The zero-order chi connectivity index (χ0) is 14.9. The first-order valence-electron chi connectivity index (χ1n) is 6.09. The van der Waals surface area contributed by atoms with Crippen molar-refractivity contribution in [3.05, 3.63) is 40.2 Å². The number of carbonyl (C=O) groups is 1. The topological polar surface area (TPSA) is 46.9 Å². The van der Waals surface area contributed by atoms with Gasteiger partial charge in [-0.2, -0.15) is 5.10 Å². The number of hydrogen-bond acceptors (Lipinski definition) is 3. The van der Waals surface area contributed by atoms with Crippen LogP contribution in [-0.4, -0.2) is 21.9 Å². The molecule has 1 aromatic carbocycles. The summed E-state index contributed by atoms with van der Waals surface area (Å²) in [6.07, 6.45) is 1.96. The van der Waals surface area contributed by atoms with E-state index in [1.54, 1.807) is 28.6 Å². The second-order valence-electron chi connectivity index (χ2n) is 4.47. The molecular weight excluding hydrogens is 294 g/mol. The molecule has 0 aliphatic rings. The Bertz CT molecular complexity index is 667. The SMILES string of the molecule is CSc1ccc(Cl)c(C(=O)Nc2c(C)nn(C)c2C)c1. The Morgan fingerprint density at radius 2 is 2.10 bits per heavy atom. The number of carbonyl (C=O) groups excluding carboxylic acids is 1. The number of aryl methyl sites for hydroxylation is 2. The van der Waals surface area contributed by atoms with Gasteiger partial charge in [-0.1, -0.05) is 11.6 Å². The Morgan fingerprint density at radius 3 is 2.65 bits per heavy atom. The van der Waals surface area contributed by atoms with Crippen LogP contribution >= 0.6 is 23.4 Å². The van der Waals surface area contributed by atoms with Crippen LogP contribution in [-0.2, 0) is 7.05 Å². The van der Waals surface area contributed by atoms with Gasteiger partial charge in [0, 0.05) is 11.9 Å². The van der Waals surface area contributed by atoms with E-state index in [1.165, 1.54) is 0 Å². The Balaban J connectivity index is 2.33. The molecule has 1 heterocycles. The number of amides is 1. The molecule has 1 aromatic heterocycles. The van der Waals surface area contributed by atoms with Crippen molar-refractivity contribution < 1.29 is 4.79 Å². The molecule has 0 saturated carbocycles. The van der Waals surface area contributed by atoms with Crippen molar-refractivity contribution in [1.82, 2.24) is 9.78 Å². The van der Waals surface area contributed by atoms with Crippen LogP contribution in [0.5, 0.6) is 0 Å². The predicted octanol–water partition coefficient (Wildman–Crippen LogP) is 3.66. The van der Waals surface area contributed by atoms with E-state index >= 15 is 0 Å². The average molecular weight is 310 g/mol. The fourth-order valence-electron chi connectivity index (χ4n) is 1.94. The van der Waals surface area contributed by atoms with Crippen molar-refractivity contribution in [1.29, 1.82) is 0 Å². The molecule has 6 heteroatoms. The summed E-state index contributed by atoms with van der Waals surface area (Å²) >= 11 is 7.68. The average Bonchev–Trinajstić information content (AvgIpc) is 2.66. The Morgan fingerprint density at radius 1 is 1.40 bits per heavy atom. The second-order valence-corrected chi connectivity index (χ2v) is 5.76. The fourth-order valence-corrected chi connectivity index (χ4v) is 2.58. The van der Waals surface area contributed by atoms with E-state index in [2.05, 4.69) is 10.4 Å². The molecule has 0 spiro atoms. The Kier molecular flexibility index (Phi) is 4.40. The molecule has 2 aromatic rings. The molecule has 4 nitrogen and oxygen atoms in total. The van der Waals surface area contributed by atoms with Gasteiger partial charge in [-0.05, 0) is 38.3 Å². The molecule has 1 amide bonds. The van der Waals surface area contributed by atoms with Crippen LogP contribution in [0.1, 0.15) is 21.7 Å². The van der Waals surface area contributed by atoms with Gasteiger partial charge in [-0.25, -0.2) is 0 Å². The first-order valence-corrected chi connectivity index (χ1v) is 7.69. The number of rotatable bonds is 3. The molecule has 0 unspecified atom stereocenters. The second kappa shape index (κ2) is 5.89. The minimum atomic E-state index is -0.217. The maximum atomic E-state index is 12.4. The normalized spacial score (nSPS) is 10.7. The third kappa shape index (κ3) is 2.83. The molecule has 0 saturated heterocycles. The van der Waals surface area contributed by atoms with Crippen LogP contribution in [0.2, 0.25) is 5.02 Å². The molecule has 0 fully saturated rings.